The van der Waals surface area contributed by atoms with Gasteiger partial charge in [0.1, 0.15) is 5.82 Å². The molecule has 1 rings (SSSR count). The lowest BCUT2D eigenvalue weighted by atomic mass is 9.97. The van der Waals surface area contributed by atoms with Crippen molar-refractivity contribution in [3.63, 3.8) is 0 Å². The Morgan fingerprint density at radius 2 is 2.14 bits per heavy atom. The van der Waals surface area contributed by atoms with E-state index in [1.165, 1.54) is 12.1 Å². The van der Waals surface area contributed by atoms with Gasteiger partial charge in [0.05, 0.1) is 22.0 Å². The van der Waals surface area contributed by atoms with Gasteiger partial charge in [-0.05, 0) is 18.6 Å². The van der Waals surface area contributed by atoms with Crippen LogP contribution in [-0.4, -0.2) is 0 Å². The highest BCUT2D eigenvalue weighted by Gasteiger charge is 2.18. The number of hydrogen-bond acceptors (Lipinski definition) is 1. The summed E-state index contributed by atoms with van der Waals surface area (Å²) in [6, 6.07) is 4.60. The molecule has 0 heterocycles. The van der Waals surface area contributed by atoms with Crippen LogP contribution in [0, 0.1) is 17.1 Å². The number of nitrogens with zero attached hydrogens (tertiary/aromatic N) is 1. The van der Waals surface area contributed by atoms with Gasteiger partial charge in [-0.1, -0.05) is 30.1 Å². The van der Waals surface area contributed by atoms with Crippen molar-refractivity contribution in [1.29, 1.82) is 5.26 Å². The first-order valence-corrected chi connectivity index (χ1v) is 4.90. The van der Waals surface area contributed by atoms with Gasteiger partial charge in [0, 0.05) is 5.56 Å². The monoisotopic (exact) mass is 231 g/mol. The highest BCUT2D eigenvalue weighted by molar-refractivity contribution is 6.42. The smallest absolute Gasteiger partial charge is 0.129 e. The predicted octanol–water partition coefficient (Wildman–Crippen LogP) is 4.15. The van der Waals surface area contributed by atoms with Crippen LogP contribution in [0.2, 0.25) is 10.0 Å². The second kappa shape index (κ2) is 4.63. The Balaban J connectivity index is 3.32. The van der Waals surface area contributed by atoms with Crippen LogP contribution >= 0.6 is 23.2 Å². The topological polar surface area (TPSA) is 23.8 Å². The molecule has 1 unspecified atom stereocenters. The zero-order chi connectivity index (χ0) is 10.7. The van der Waals surface area contributed by atoms with E-state index in [0.717, 1.165) is 0 Å². The maximum atomic E-state index is 13.4. The molecule has 0 spiro atoms. The molecule has 14 heavy (non-hydrogen) atoms. The van der Waals surface area contributed by atoms with Crippen molar-refractivity contribution >= 4 is 23.2 Å². The van der Waals surface area contributed by atoms with Crippen molar-refractivity contribution in [1.82, 2.24) is 0 Å². The second-order valence-corrected chi connectivity index (χ2v) is 3.63. The summed E-state index contributed by atoms with van der Waals surface area (Å²) < 4.78 is 13.4. The Morgan fingerprint density at radius 3 is 2.64 bits per heavy atom. The van der Waals surface area contributed by atoms with Crippen LogP contribution < -0.4 is 0 Å². The average molecular weight is 232 g/mol. The Kier molecular flexibility index (Phi) is 3.74. The zero-order valence-corrected chi connectivity index (χ0v) is 9.03. The van der Waals surface area contributed by atoms with Crippen molar-refractivity contribution in [2.45, 2.75) is 19.3 Å². The van der Waals surface area contributed by atoms with E-state index in [9.17, 15) is 4.39 Å². The van der Waals surface area contributed by atoms with Crippen LogP contribution in [0.1, 0.15) is 24.8 Å². The van der Waals surface area contributed by atoms with Crippen molar-refractivity contribution in [3.8, 4) is 6.07 Å². The van der Waals surface area contributed by atoms with Crippen LogP contribution in [-0.2, 0) is 0 Å². The fraction of sp³-hybridized carbons (Fsp3) is 0.300. The molecule has 74 valence electrons. The lowest BCUT2D eigenvalue weighted by Gasteiger charge is -2.10. The molecule has 0 aliphatic carbocycles. The molecule has 0 N–H and O–H groups in total. The quantitative estimate of drug-likeness (QED) is 0.702. The fourth-order valence-electron chi connectivity index (χ4n) is 1.22. The van der Waals surface area contributed by atoms with Gasteiger partial charge in [-0.15, -0.1) is 0 Å². The van der Waals surface area contributed by atoms with E-state index < -0.39 is 11.7 Å². The average Bonchev–Trinajstić information content (AvgIpc) is 2.19. The predicted molar refractivity (Wildman–Crippen MR) is 55.1 cm³/mol. The summed E-state index contributed by atoms with van der Waals surface area (Å²) in [5.74, 6) is -1.02. The summed E-state index contributed by atoms with van der Waals surface area (Å²) in [6.45, 7) is 1.80. The van der Waals surface area contributed by atoms with Crippen LogP contribution in [0.25, 0.3) is 0 Å². The maximum absolute atomic E-state index is 13.4. The third-order valence-electron chi connectivity index (χ3n) is 1.99. The van der Waals surface area contributed by atoms with Gasteiger partial charge in [0.25, 0.3) is 0 Å². The number of nitriles is 1. The van der Waals surface area contributed by atoms with Gasteiger partial charge in [-0.3, -0.25) is 0 Å². The summed E-state index contributed by atoms with van der Waals surface area (Å²) in [4.78, 5) is 0. The highest BCUT2D eigenvalue weighted by Crippen LogP contribution is 2.34. The van der Waals surface area contributed by atoms with E-state index in [2.05, 4.69) is 0 Å². The molecule has 0 aromatic heterocycles. The molecule has 0 radical (unpaired) electrons. The third-order valence-corrected chi connectivity index (χ3v) is 2.81. The van der Waals surface area contributed by atoms with Crippen molar-refractivity contribution < 1.29 is 4.39 Å². The minimum absolute atomic E-state index is 0.139. The van der Waals surface area contributed by atoms with Crippen LogP contribution in [0.4, 0.5) is 4.39 Å². The van der Waals surface area contributed by atoms with Crippen molar-refractivity contribution in [2.24, 2.45) is 0 Å². The molecular formula is C10H8Cl2FN. The van der Waals surface area contributed by atoms with Crippen molar-refractivity contribution in [2.75, 3.05) is 0 Å². The standard InChI is InChI=1S/C10H8Cl2FN/c1-2-6(5-14)9-8(13)4-3-7(11)10(9)12/h3-4,6H,2H2,1H3. The minimum Gasteiger partial charge on any atom is -0.207 e. The summed E-state index contributed by atoms with van der Waals surface area (Å²) in [7, 11) is 0. The zero-order valence-electron chi connectivity index (χ0n) is 7.52. The van der Waals surface area contributed by atoms with Gasteiger partial charge in [0.2, 0.25) is 0 Å². The molecule has 0 saturated heterocycles. The third kappa shape index (κ3) is 2.00. The van der Waals surface area contributed by atoms with E-state index in [4.69, 9.17) is 28.5 Å². The molecule has 1 aromatic rings. The molecule has 0 fully saturated rings. The number of rotatable bonds is 2. The van der Waals surface area contributed by atoms with Crippen molar-refractivity contribution in [3.05, 3.63) is 33.6 Å². The lowest BCUT2D eigenvalue weighted by molar-refractivity contribution is 0.598. The van der Waals surface area contributed by atoms with E-state index >= 15 is 0 Å². The normalized spacial score (nSPS) is 12.2. The van der Waals surface area contributed by atoms with Gasteiger partial charge >= 0.3 is 0 Å². The second-order valence-electron chi connectivity index (χ2n) is 2.85. The molecular weight excluding hydrogens is 224 g/mol. The summed E-state index contributed by atoms with van der Waals surface area (Å²) in [5.41, 5.74) is 0.198. The lowest BCUT2D eigenvalue weighted by Crippen LogP contribution is -1.99. The Labute approximate surface area is 92.1 Å². The molecule has 4 heteroatoms. The molecule has 1 atom stereocenters. The number of halogens is 3. The Morgan fingerprint density at radius 1 is 1.50 bits per heavy atom. The summed E-state index contributed by atoms with van der Waals surface area (Å²) in [6.07, 6.45) is 0.507. The van der Waals surface area contributed by atoms with E-state index in [1.54, 1.807) is 6.92 Å². The van der Waals surface area contributed by atoms with Crippen LogP contribution in [0.15, 0.2) is 12.1 Å². The molecule has 0 bridgehead atoms. The molecule has 0 aliphatic heterocycles. The summed E-state index contributed by atoms with van der Waals surface area (Å²) in [5, 5.41) is 9.21. The molecule has 1 aromatic carbocycles. The number of hydrogen-bond donors (Lipinski definition) is 0. The Bertz CT molecular complexity index is 384. The van der Waals surface area contributed by atoms with Gasteiger partial charge < -0.3 is 0 Å². The molecule has 0 saturated carbocycles. The van der Waals surface area contributed by atoms with Gasteiger partial charge in [0.15, 0.2) is 0 Å². The maximum Gasteiger partial charge on any atom is 0.129 e. The largest absolute Gasteiger partial charge is 0.207 e. The van der Waals surface area contributed by atoms with Gasteiger partial charge in [-0.25, -0.2) is 4.39 Å². The van der Waals surface area contributed by atoms with E-state index in [1.807, 2.05) is 6.07 Å². The summed E-state index contributed by atoms with van der Waals surface area (Å²) >= 11 is 11.6. The SMILES string of the molecule is CCC(C#N)c1c(F)ccc(Cl)c1Cl. The number of benzene rings is 1. The first-order chi connectivity index (χ1) is 6.61. The Hall–Kier alpha value is -0.780. The minimum atomic E-state index is -0.541. The van der Waals surface area contributed by atoms with Crippen LogP contribution in [0.5, 0.6) is 0 Å². The van der Waals surface area contributed by atoms with Crippen LogP contribution in [0.3, 0.4) is 0 Å². The van der Waals surface area contributed by atoms with Gasteiger partial charge in [-0.2, -0.15) is 5.26 Å². The van der Waals surface area contributed by atoms with E-state index in [-0.39, 0.29) is 15.6 Å². The first-order valence-electron chi connectivity index (χ1n) is 4.14. The van der Waals surface area contributed by atoms with E-state index in [0.29, 0.717) is 6.42 Å². The molecule has 0 aliphatic rings. The fourth-order valence-corrected chi connectivity index (χ4v) is 1.67. The highest BCUT2D eigenvalue weighted by atomic mass is 35.5. The molecule has 0 amide bonds. The molecule has 1 nitrogen and oxygen atoms in total. The first kappa shape index (κ1) is 11.3.